The molecule has 0 aromatic heterocycles. The summed E-state index contributed by atoms with van der Waals surface area (Å²) in [5.74, 6) is 0.354. The molecule has 0 unspecified atom stereocenters. The first-order valence-electron chi connectivity index (χ1n) is 6.74. The molecule has 0 heterocycles. The molecule has 0 spiro atoms. The van der Waals surface area contributed by atoms with E-state index in [0.29, 0.717) is 27.6 Å². The van der Waals surface area contributed by atoms with Gasteiger partial charge in [0.05, 0.1) is 21.7 Å². The second kappa shape index (κ2) is 7.22. The molecule has 0 aliphatic rings. The van der Waals surface area contributed by atoms with Crippen LogP contribution in [0.15, 0.2) is 46.9 Å². The van der Waals surface area contributed by atoms with Crippen LogP contribution in [0.1, 0.15) is 34.6 Å². The number of carbonyl (C=O) groups is 2. The maximum Gasteiger partial charge on any atom is 0.343 e. The molecule has 0 fully saturated rings. The number of hydrogen-bond donors (Lipinski definition) is 0. The van der Waals surface area contributed by atoms with Crippen molar-refractivity contribution in [2.45, 2.75) is 20.0 Å². The molecule has 5 heteroatoms. The Kier molecular flexibility index (Phi) is 5.33. The Bertz CT molecular complexity index is 695. The van der Waals surface area contributed by atoms with Crippen LogP contribution in [0.3, 0.4) is 0 Å². The van der Waals surface area contributed by atoms with Crippen molar-refractivity contribution in [3.63, 3.8) is 0 Å². The predicted molar refractivity (Wildman–Crippen MR) is 86.7 cm³/mol. The summed E-state index contributed by atoms with van der Waals surface area (Å²) in [6.07, 6.45) is 0.687. The van der Waals surface area contributed by atoms with Gasteiger partial charge in [-0.05, 0) is 60.1 Å². The van der Waals surface area contributed by atoms with Gasteiger partial charge in [-0.1, -0.05) is 12.1 Å². The third kappa shape index (κ3) is 3.95. The number of benzene rings is 2. The molecule has 0 N–H and O–H groups in total. The number of halogens is 1. The lowest BCUT2D eigenvalue weighted by molar-refractivity contribution is 0.0733. The molecule has 2 rings (SSSR count). The molecule has 22 heavy (non-hydrogen) atoms. The van der Waals surface area contributed by atoms with E-state index in [1.807, 2.05) is 13.8 Å². The van der Waals surface area contributed by atoms with E-state index in [4.69, 9.17) is 9.47 Å². The fourth-order valence-corrected chi connectivity index (χ4v) is 2.28. The molecule has 114 valence electrons. The summed E-state index contributed by atoms with van der Waals surface area (Å²) in [5.41, 5.74) is 0.693. The number of esters is 1. The Balaban J connectivity index is 2.19. The van der Waals surface area contributed by atoms with E-state index in [0.717, 1.165) is 0 Å². The zero-order valence-electron chi connectivity index (χ0n) is 12.2. The van der Waals surface area contributed by atoms with Crippen molar-refractivity contribution < 1.29 is 19.1 Å². The van der Waals surface area contributed by atoms with E-state index in [1.165, 1.54) is 0 Å². The SMILES string of the molecule is CC(C)Oc1ccc(C(=O)Oc2ccccc2C=O)cc1Br. The minimum absolute atomic E-state index is 0.0357. The number of aldehydes is 1. The first kappa shape index (κ1) is 16.2. The van der Waals surface area contributed by atoms with Crippen LogP contribution in [0, 0.1) is 0 Å². The molecule has 0 amide bonds. The second-order valence-electron chi connectivity index (χ2n) is 4.86. The zero-order chi connectivity index (χ0) is 16.1. The van der Waals surface area contributed by atoms with Crippen LogP contribution < -0.4 is 9.47 Å². The molecule has 0 radical (unpaired) electrons. The van der Waals surface area contributed by atoms with Gasteiger partial charge < -0.3 is 9.47 Å². The van der Waals surface area contributed by atoms with Crippen molar-refractivity contribution in [1.82, 2.24) is 0 Å². The number of para-hydroxylation sites is 1. The van der Waals surface area contributed by atoms with E-state index in [9.17, 15) is 9.59 Å². The molecule has 0 saturated carbocycles. The molecule has 0 aliphatic carbocycles. The van der Waals surface area contributed by atoms with E-state index in [-0.39, 0.29) is 11.9 Å². The van der Waals surface area contributed by atoms with E-state index < -0.39 is 5.97 Å². The summed E-state index contributed by atoms with van der Waals surface area (Å²) in [4.78, 5) is 23.1. The maximum absolute atomic E-state index is 12.2. The average molecular weight is 363 g/mol. The standard InChI is InChI=1S/C17H15BrO4/c1-11(2)21-16-8-7-12(9-14(16)18)17(20)22-15-6-4-3-5-13(15)10-19/h3-11H,1-2H3. The molecule has 2 aromatic carbocycles. The Morgan fingerprint density at radius 3 is 2.50 bits per heavy atom. The highest BCUT2D eigenvalue weighted by Gasteiger charge is 2.13. The molecule has 4 nitrogen and oxygen atoms in total. The van der Waals surface area contributed by atoms with Gasteiger partial charge in [-0.15, -0.1) is 0 Å². The minimum Gasteiger partial charge on any atom is -0.490 e. The summed E-state index contributed by atoms with van der Waals surface area (Å²) >= 11 is 3.37. The van der Waals surface area contributed by atoms with Gasteiger partial charge in [0.15, 0.2) is 6.29 Å². The van der Waals surface area contributed by atoms with Gasteiger partial charge in [-0.3, -0.25) is 4.79 Å². The van der Waals surface area contributed by atoms with Crippen LogP contribution >= 0.6 is 15.9 Å². The Morgan fingerprint density at radius 2 is 1.86 bits per heavy atom. The van der Waals surface area contributed by atoms with Gasteiger partial charge in [-0.2, -0.15) is 0 Å². The predicted octanol–water partition coefficient (Wildman–Crippen LogP) is 4.27. The highest BCUT2D eigenvalue weighted by atomic mass is 79.9. The molecule has 0 atom stereocenters. The second-order valence-corrected chi connectivity index (χ2v) is 5.71. The fourth-order valence-electron chi connectivity index (χ4n) is 1.81. The number of rotatable bonds is 5. The molecule has 0 bridgehead atoms. The van der Waals surface area contributed by atoms with Gasteiger partial charge in [0.25, 0.3) is 0 Å². The lowest BCUT2D eigenvalue weighted by Gasteiger charge is -2.12. The number of carbonyl (C=O) groups excluding carboxylic acids is 2. The number of ether oxygens (including phenoxy) is 2. The molecular formula is C17H15BrO4. The molecular weight excluding hydrogens is 348 g/mol. The van der Waals surface area contributed by atoms with Gasteiger partial charge in [0.2, 0.25) is 0 Å². The fraction of sp³-hybridized carbons (Fsp3) is 0.176. The Morgan fingerprint density at radius 1 is 1.14 bits per heavy atom. The first-order chi connectivity index (χ1) is 10.5. The van der Waals surface area contributed by atoms with Crippen molar-refractivity contribution in [2.24, 2.45) is 0 Å². The van der Waals surface area contributed by atoms with Gasteiger partial charge in [0.1, 0.15) is 11.5 Å². The topological polar surface area (TPSA) is 52.6 Å². The molecule has 0 aliphatic heterocycles. The van der Waals surface area contributed by atoms with Crippen LogP contribution in [0.2, 0.25) is 0 Å². The molecule has 0 saturated heterocycles. The third-order valence-electron chi connectivity index (χ3n) is 2.78. The summed E-state index contributed by atoms with van der Waals surface area (Å²) in [7, 11) is 0. The Labute approximate surface area is 137 Å². The zero-order valence-corrected chi connectivity index (χ0v) is 13.8. The van der Waals surface area contributed by atoms with Crippen molar-refractivity contribution >= 4 is 28.2 Å². The Hall–Kier alpha value is -2.14. The highest BCUT2D eigenvalue weighted by molar-refractivity contribution is 9.10. The summed E-state index contributed by atoms with van der Waals surface area (Å²) < 4.78 is 11.5. The molecule has 2 aromatic rings. The van der Waals surface area contributed by atoms with Crippen LogP contribution in [0.5, 0.6) is 11.5 Å². The van der Waals surface area contributed by atoms with Crippen LogP contribution in [-0.4, -0.2) is 18.4 Å². The quantitative estimate of drug-likeness (QED) is 0.452. The monoisotopic (exact) mass is 362 g/mol. The van der Waals surface area contributed by atoms with Crippen LogP contribution in [0.25, 0.3) is 0 Å². The largest absolute Gasteiger partial charge is 0.490 e. The van der Waals surface area contributed by atoms with Crippen LogP contribution in [-0.2, 0) is 0 Å². The van der Waals surface area contributed by atoms with Crippen molar-refractivity contribution in [1.29, 1.82) is 0 Å². The maximum atomic E-state index is 12.2. The summed E-state index contributed by atoms with van der Waals surface area (Å²) in [5, 5.41) is 0. The normalized spacial score (nSPS) is 10.4. The van der Waals surface area contributed by atoms with E-state index >= 15 is 0 Å². The summed E-state index contributed by atoms with van der Waals surface area (Å²) in [6, 6.07) is 11.5. The van der Waals surface area contributed by atoms with E-state index in [1.54, 1.807) is 42.5 Å². The highest BCUT2D eigenvalue weighted by Crippen LogP contribution is 2.27. The number of hydrogen-bond acceptors (Lipinski definition) is 4. The lowest BCUT2D eigenvalue weighted by Crippen LogP contribution is -2.11. The lowest BCUT2D eigenvalue weighted by atomic mass is 10.2. The van der Waals surface area contributed by atoms with Gasteiger partial charge in [0, 0.05) is 0 Å². The van der Waals surface area contributed by atoms with Crippen molar-refractivity contribution in [3.05, 3.63) is 58.1 Å². The van der Waals surface area contributed by atoms with Crippen LogP contribution in [0.4, 0.5) is 0 Å². The first-order valence-corrected chi connectivity index (χ1v) is 7.53. The van der Waals surface area contributed by atoms with Gasteiger partial charge >= 0.3 is 5.97 Å². The average Bonchev–Trinajstić information content (AvgIpc) is 2.49. The smallest absolute Gasteiger partial charge is 0.343 e. The minimum atomic E-state index is -0.536. The van der Waals surface area contributed by atoms with E-state index in [2.05, 4.69) is 15.9 Å². The van der Waals surface area contributed by atoms with Crippen molar-refractivity contribution in [3.8, 4) is 11.5 Å². The van der Waals surface area contributed by atoms with Gasteiger partial charge in [-0.25, -0.2) is 4.79 Å². The van der Waals surface area contributed by atoms with Crippen molar-refractivity contribution in [2.75, 3.05) is 0 Å². The summed E-state index contributed by atoms with van der Waals surface area (Å²) in [6.45, 7) is 3.84. The third-order valence-corrected chi connectivity index (χ3v) is 3.40.